The second kappa shape index (κ2) is 9.97. The molecule has 1 saturated carbocycles. The molecule has 0 bridgehead atoms. The molecule has 1 aromatic carbocycles. The Morgan fingerprint density at radius 3 is 2.55 bits per heavy atom. The van der Waals surface area contributed by atoms with Gasteiger partial charge in [-0.05, 0) is 68.7 Å². The number of aliphatic imine (C=N–C) groups is 1. The third-order valence-corrected chi connectivity index (χ3v) is 6.15. The molecular formula is C21H32N6O4. The first kappa shape index (κ1) is 22.8. The second-order valence-electron chi connectivity index (χ2n) is 8.20. The van der Waals surface area contributed by atoms with Crippen molar-refractivity contribution in [3.8, 4) is 11.5 Å². The molecule has 0 spiro atoms. The number of guanidine groups is 1. The number of nitro groups is 1. The van der Waals surface area contributed by atoms with Crippen LogP contribution in [0, 0.1) is 22.0 Å². The smallest absolute Gasteiger partial charge is 0.301 e. The summed E-state index contributed by atoms with van der Waals surface area (Å²) in [7, 11) is 3.18. The van der Waals surface area contributed by atoms with E-state index in [1.165, 1.54) is 6.20 Å². The van der Waals surface area contributed by atoms with Crippen LogP contribution in [-0.2, 0) is 6.54 Å². The zero-order chi connectivity index (χ0) is 22.4. The summed E-state index contributed by atoms with van der Waals surface area (Å²) in [6, 6.07) is 5.46. The van der Waals surface area contributed by atoms with Crippen molar-refractivity contribution < 1.29 is 14.4 Å². The van der Waals surface area contributed by atoms with E-state index in [1.54, 1.807) is 14.2 Å². The van der Waals surface area contributed by atoms with Crippen LogP contribution in [-0.4, -0.2) is 37.3 Å². The van der Waals surface area contributed by atoms with E-state index in [0.29, 0.717) is 42.3 Å². The number of benzene rings is 1. The number of nitrogens with one attached hydrogen (secondary N) is 2. The Morgan fingerprint density at radius 2 is 1.94 bits per heavy atom. The van der Waals surface area contributed by atoms with Crippen molar-refractivity contribution in [2.45, 2.75) is 44.3 Å². The number of nitrogens with zero attached hydrogens (tertiary/aromatic N) is 2. The van der Waals surface area contributed by atoms with E-state index >= 15 is 0 Å². The minimum Gasteiger partial charge on any atom is -0.497 e. The Balaban J connectivity index is 1.76. The summed E-state index contributed by atoms with van der Waals surface area (Å²) >= 11 is 0. The molecule has 1 aliphatic heterocycles. The number of ether oxygens (including phenoxy) is 2. The van der Waals surface area contributed by atoms with Gasteiger partial charge in [0, 0.05) is 5.56 Å². The normalized spacial score (nSPS) is 27.1. The molecule has 2 aliphatic rings. The van der Waals surface area contributed by atoms with Crippen molar-refractivity contribution >= 4 is 5.96 Å². The Bertz CT molecular complexity index is 850. The predicted molar refractivity (Wildman–Crippen MR) is 118 cm³/mol. The summed E-state index contributed by atoms with van der Waals surface area (Å²) < 4.78 is 10.7. The van der Waals surface area contributed by atoms with Crippen LogP contribution in [0.1, 0.15) is 37.7 Å². The average molecular weight is 433 g/mol. The highest BCUT2D eigenvalue weighted by molar-refractivity contribution is 5.83. The fraction of sp³-hybridized carbons (Fsp3) is 0.571. The molecule has 1 aromatic rings. The van der Waals surface area contributed by atoms with Crippen LogP contribution in [0.15, 0.2) is 35.1 Å². The lowest BCUT2D eigenvalue weighted by atomic mass is 9.77. The molecular weight excluding hydrogens is 400 g/mol. The molecule has 1 aliphatic carbocycles. The molecule has 6 N–H and O–H groups in total. The Morgan fingerprint density at radius 1 is 1.23 bits per heavy atom. The van der Waals surface area contributed by atoms with Crippen molar-refractivity contribution in [3.63, 3.8) is 0 Å². The van der Waals surface area contributed by atoms with Crippen LogP contribution in [0.4, 0.5) is 0 Å². The molecule has 31 heavy (non-hydrogen) atoms. The van der Waals surface area contributed by atoms with E-state index in [0.717, 1.165) is 31.2 Å². The minimum atomic E-state index is -1.30. The summed E-state index contributed by atoms with van der Waals surface area (Å²) in [5.41, 5.74) is 11.8. The van der Waals surface area contributed by atoms with E-state index in [2.05, 4.69) is 15.6 Å². The number of hydrogen-bond donors (Lipinski definition) is 4. The van der Waals surface area contributed by atoms with Crippen LogP contribution in [0.3, 0.4) is 0 Å². The van der Waals surface area contributed by atoms with Gasteiger partial charge in [0.1, 0.15) is 11.5 Å². The Kier molecular flexibility index (Phi) is 7.34. The van der Waals surface area contributed by atoms with Crippen LogP contribution < -0.4 is 31.6 Å². The van der Waals surface area contributed by atoms with Crippen LogP contribution >= 0.6 is 0 Å². The molecule has 0 aromatic heterocycles. The molecule has 0 radical (unpaired) electrons. The number of nitrogens with two attached hydrogens (primary N) is 2. The van der Waals surface area contributed by atoms with Crippen LogP contribution in [0.5, 0.6) is 11.5 Å². The molecule has 10 heteroatoms. The van der Waals surface area contributed by atoms with Crippen LogP contribution in [0.25, 0.3) is 0 Å². The number of methoxy groups -OCH3 is 2. The maximum absolute atomic E-state index is 11.6. The summed E-state index contributed by atoms with van der Waals surface area (Å²) in [6.07, 6.45) is 5.79. The maximum Gasteiger partial charge on any atom is 0.301 e. The van der Waals surface area contributed by atoms with E-state index in [4.69, 9.17) is 20.9 Å². The molecule has 0 amide bonds. The first-order valence-corrected chi connectivity index (χ1v) is 10.5. The van der Waals surface area contributed by atoms with Gasteiger partial charge in [-0.25, -0.2) is 4.99 Å². The molecule has 1 fully saturated rings. The Hall–Kier alpha value is -2.85. The van der Waals surface area contributed by atoms with Crippen molar-refractivity contribution in [1.29, 1.82) is 0 Å². The SMILES string of the molecule is COc1ccc(OC)c(CN=C2NC=C([N+](=O)[O-])C(N)(CC3CCC(CN)CC3)N2)c1. The predicted octanol–water partition coefficient (Wildman–Crippen LogP) is 1.68. The summed E-state index contributed by atoms with van der Waals surface area (Å²) in [6.45, 7) is 0.974. The van der Waals surface area contributed by atoms with Gasteiger partial charge in [0.05, 0.1) is 31.9 Å². The zero-order valence-electron chi connectivity index (χ0n) is 18.1. The summed E-state index contributed by atoms with van der Waals surface area (Å²) in [5.74, 6) is 2.58. The maximum atomic E-state index is 11.6. The van der Waals surface area contributed by atoms with Crippen LogP contribution in [0.2, 0.25) is 0 Å². The van der Waals surface area contributed by atoms with E-state index in [1.807, 2.05) is 18.2 Å². The zero-order valence-corrected chi connectivity index (χ0v) is 18.1. The summed E-state index contributed by atoms with van der Waals surface area (Å²) in [4.78, 5) is 15.7. The number of hydrogen-bond acceptors (Lipinski definition) is 7. The van der Waals surface area contributed by atoms with E-state index < -0.39 is 10.6 Å². The molecule has 1 atom stereocenters. The lowest BCUT2D eigenvalue weighted by Crippen LogP contribution is -2.64. The van der Waals surface area contributed by atoms with Gasteiger partial charge < -0.3 is 25.8 Å². The number of rotatable bonds is 8. The van der Waals surface area contributed by atoms with Crippen molar-refractivity contribution in [3.05, 3.63) is 45.8 Å². The van der Waals surface area contributed by atoms with Gasteiger partial charge in [-0.3, -0.25) is 15.8 Å². The highest BCUT2D eigenvalue weighted by atomic mass is 16.6. The molecule has 0 saturated heterocycles. The fourth-order valence-corrected chi connectivity index (χ4v) is 4.33. The largest absolute Gasteiger partial charge is 0.497 e. The van der Waals surface area contributed by atoms with Gasteiger partial charge >= 0.3 is 5.70 Å². The lowest BCUT2D eigenvalue weighted by molar-refractivity contribution is -0.437. The third-order valence-electron chi connectivity index (χ3n) is 6.15. The van der Waals surface area contributed by atoms with Gasteiger partial charge in [-0.1, -0.05) is 0 Å². The molecule has 1 unspecified atom stereocenters. The highest BCUT2D eigenvalue weighted by Crippen LogP contribution is 2.34. The molecule has 3 rings (SSSR count). The first-order valence-electron chi connectivity index (χ1n) is 10.5. The van der Waals surface area contributed by atoms with E-state index in [-0.39, 0.29) is 12.2 Å². The quantitative estimate of drug-likeness (QED) is 0.358. The first-order chi connectivity index (χ1) is 14.9. The minimum absolute atomic E-state index is 0.0913. The van der Waals surface area contributed by atoms with Crippen molar-refractivity contribution in [2.75, 3.05) is 20.8 Å². The van der Waals surface area contributed by atoms with E-state index in [9.17, 15) is 10.1 Å². The van der Waals surface area contributed by atoms with Gasteiger partial charge in [-0.15, -0.1) is 0 Å². The molecule has 10 nitrogen and oxygen atoms in total. The van der Waals surface area contributed by atoms with Gasteiger partial charge in [-0.2, -0.15) is 0 Å². The standard InChI is InChI=1S/C21H32N6O4/c1-30-17-7-8-18(31-2)16(9-17)12-24-20-25-13-19(27(28)29)21(23,26-20)10-14-3-5-15(11-22)6-4-14/h7-9,13-15H,3-6,10-12,22-23H2,1-2H3,(H2,24,25,26). The molecule has 170 valence electrons. The van der Waals surface area contributed by atoms with Gasteiger partial charge in [0.2, 0.25) is 0 Å². The lowest BCUT2D eigenvalue weighted by Gasteiger charge is -2.37. The summed E-state index contributed by atoms with van der Waals surface area (Å²) in [5, 5.41) is 17.6. The highest BCUT2D eigenvalue weighted by Gasteiger charge is 2.44. The average Bonchev–Trinajstić information content (AvgIpc) is 2.77. The van der Waals surface area contributed by atoms with Crippen molar-refractivity contribution in [2.24, 2.45) is 28.3 Å². The van der Waals surface area contributed by atoms with Gasteiger partial charge in [0.25, 0.3) is 0 Å². The van der Waals surface area contributed by atoms with Crippen molar-refractivity contribution in [1.82, 2.24) is 10.6 Å². The molecule has 1 heterocycles. The fourth-order valence-electron chi connectivity index (χ4n) is 4.33. The van der Waals surface area contributed by atoms with Gasteiger partial charge in [0.15, 0.2) is 11.6 Å². The topological polar surface area (TPSA) is 150 Å². The monoisotopic (exact) mass is 432 g/mol. The Labute approximate surface area is 182 Å². The second-order valence-corrected chi connectivity index (χ2v) is 8.20. The third kappa shape index (κ3) is 5.45.